The molecule has 1 saturated heterocycles. The third kappa shape index (κ3) is 4.98. The lowest BCUT2D eigenvalue weighted by atomic mass is 9.87. The second-order valence-electron chi connectivity index (χ2n) is 6.25. The van der Waals surface area contributed by atoms with Crippen LogP contribution in [-0.4, -0.2) is 47.3 Å². The Labute approximate surface area is 149 Å². The predicted molar refractivity (Wildman–Crippen MR) is 96.9 cm³/mol. The lowest BCUT2D eigenvalue weighted by Gasteiger charge is -2.42. The molecule has 6 heteroatoms. The number of likely N-dealkylation sites (tertiary alicyclic amines) is 1. The van der Waals surface area contributed by atoms with Gasteiger partial charge in [-0.3, -0.25) is 9.69 Å². The van der Waals surface area contributed by atoms with Crippen LogP contribution in [0.25, 0.3) is 0 Å². The summed E-state index contributed by atoms with van der Waals surface area (Å²) in [5.41, 5.74) is 1.27. The summed E-state index contributed by atoms with van der Waals surface area (Å²) in [6.07, 6.45) is 1.43. The lowest BCUT2D eigenvalue weighted by Crippen LogP contribution is -2.58. The molecule has 0 spiro atoms. The van der Waals surface area contributed by atoms with Crippen molar-refractivity contribution in [2.75, 3.05) is 19.7 Å². The lowest BCUT2D eigenvalue weighted by molar-refractivity contribution is -0.148. The second kappa shape index (κ2) is 8.53. The molecule has 1 atom stereocenters. The van der Waals surface area contributed by atoms with Crippen molar-refractivity contribution in [1.82, 2.24) is 10.2 Å². The Morgan fingerprint density at radius 2 is 1.92 bits per heavy atom. The Bertz CT molecular complexity index is 557. The summed E-state index contributed by atoms with van der Waals surface area (Å²) in [6.45, 7) is 6.00. The van der Waals surface area contributed by atoms with Gasteiger partial charge in [0.25, 0.3) is 0 Å². The Kier molecular flexibility index (Phi) is 6.69. The standard InChI is InChI=1S/C18H26N2O3S/c1-3-23-17(22)16(19-14(2)21)18(24)9-11-20(12-10-18)13-15-7-5-4-6-8-15/h4-8,16,24H,3,9-13H2,1-2H3,(H,19,21)/t16-/m1/s1. The highest BCUT2D eigenvalue weighted by atomic mass is 32.1. The van der Waals surface area contributed by atoms with Gasteiger partial charge in [0.05, 0.1) is 6.61 Å². The van der Waals surface area contributed by atoms with Crippen molar-refractivity contribution in [3.05, 3.63) is 35.9 Å². The maximum Gasteiger partial charge on any atom is 0.330 e. The second-order valence-corrected chi connectivity index (χ2v) is 7.14. The number of esters is 1. The van der Waals surface area contributed by atoms with Gasteiger partial charge in [-0.2, -0.15) is 12.6 Å². The van der Waals surface area contributed by atoms with E-state index in [4.69, 9.17) is 17.4 Å². The Balaban J connectivity index is 1.99. The monoisotopic (exact) mass is 350 g/mol. The number of carbonyl (C=O) groups is 2. The highest BCUT2D eigenvalue weighted by Crippen LogP contribution is 2.33. The number of thiol groups is 1. The van der Waals surface area contributed by atoms with Crippen LogP contribution in [0.3, 0.4) is 0 Å². The van der Waals surface area contributed by atoms with E-state index in [1.807, 2.05) is 18.2 Å². The van der Waals surface area contributed by atoms with Gasteiger partial charge in [-0.25, -0.2) is 4.79 Å². The van der Waals surface area contributed by atoms with Crippen molar-refractivity contribution in [1.29, 1.82) is 0 Å². The zero-order valence-electron chi connectivity index (χ0n) is 14.3. The van der Waals surface area contributed by atoms with Gasteiger partial charge in [-0.15, -0.1) is 0 Å². The molecule has 1 aromatic rings. The Morgan fingerprint density at radius 1 is 1.29 bits per heavy atom. The van der Waals surface area contributed by atoms with Crippen molar-refractivity contribution >= 4 is 24.5 Å². The number of carbonyl (C=O) groups excluding carboxylic acids is 2. The van der Waals surface area contributed by atoms with Crippen LogP contribution in [0.1, 0.15) is 32.3 Å². The molecule has 1 N–H and O–H groups in total. The zero-order chi connectivity index (χ0) is 17.6. The third-order valence-corrected chi connectivity index (χ3v) is 5.08. The van der Waals surface area contributed by atoms with Gasteiger partial charge in [0.1, 0.15) is 6.04 Å². The number of piperidine rings is 1. The first-order valence-electron chi connectivity index (χ1n) is 8.37. The van der Waals surface area contributed by atoms with Gasteiger partial charge < -0.3 is 10.1 Å². The van der Waals surface area contributed by atoms with E-state index in [1.165, 1.54) is 12.5 Å². The van der Waals surface area contributed by atoms with E-state index < -0.39 is 16.8 Å². The zero-order valence-corrected chi connectivity index (χ0v) is 15.2. The first-order valence-corrected chi connectivity index (χ1v) is 8.82. The fourth-order valence-electron chi connectivity index (χ4n) is 3.07. The molecule has 0 aliphatic carbocycles. The van der Waals surface area contributed by atoms with Crippen molar-refractivity contribution in [2.45, 2.75) is 44.0 Å². The smallest absolute Gasteiger partial charge is 0.330 e. The summed E-state index contributed by atoms with van der Waals surface area (Å²) in [6, 6.07) is 9.60. The summed E-state index contributed by atoms with van der Waals surface area (Å²) < 4.78 is 4.55. The summed E-state index contributed by atoms with van der Waals surface area (Å²) in [5.74, 6) is -0.646. The predicted octanol–water partition coefficient (Wildman–Crippen LogP) is 2.02. The van der Waals surface area contributed by atoms with E-state index in [0.717, 1.165) is 19.6 Å². The first kappa shape index (κ1) is 18.8. The molecule has 24 heavy (non-hydrogen) atoms. The third-order valence-electron chi connectivity index (χ3n) is 4.38. The number of benzene rings is 1. The molecule has 2 rings (SSSR count). The molecule has 1 aliphatic heterocycles. The maximum absolute atomic E-state index is 12.3. The van der Waals surface area contributed by atoms with E-state index >= 15 is 0 Å². The minimum absolute atomic E-state index is 0.242. The maximum atomic E-state index is 12.3. The van der Waals surface area contributed by atoms with Crippen LogP contribution < -0.4 is 5.32 Å². The summed E-state index contributed by atoms with van der Waals surface area (Å²) in [5, 5.41) is 2.73. The molecule has 0 saturated carbocycles. The van der Waals surface area contributed by atoms with Crippen LogP contribution in [0.15, 0.2) is 30.3 Å². The van der Waals surface area contributed by atoms with E-state index in [9.17, 15) is 9.59 Å². The largest absolute Gasteiger partial charge is 0.464 e. The van der Waals surface area contributed by atoms with Crippen LogP contribution in [0.4, 0.5) is 0 Å². The fourth-order valence-corrected chi connectivity index (χ4v) is 3.44. The summed E-state index contributed by atoms with van der Waals surface area (Å²) in [4.78, 5) is 26.1. The number of hydrogen-bond donors (Lipinski definition) is 2. The van der Waals surface area contributed by atoms with Gasteiger partial charge in [0, 0.05) is 18.2 Å². The topological polar surface area (TPSA) is 58.6 Å². The summed E-state index contributed by atoms with van der Waals surface area (Å²) >= 11 is 4.78. The molecule has 5 nitrogen and oxygen atoms in total. The first-order chi connectivity index (χ1) is 11.4. The minimum atomic E-state index is -0.711. The molecule has 1 aliphatic rings. The normalized spacial score (nSPS) is 18.6. The SMILES string of the molecule is CCOC(=O)[C@@H](NC(C)=O)C1(S)CCN(Cc2ccccc2)CC1. The highest BCUT2D eigenvalue weighted by molar-refractivity contribution is 7.82. The van der Waals surface area contributed by atoms with Crippen LogP contribution in [0, 0.1) is 0 Å². The average molecular weight is 350 g/mol. The summed E-state index contributed by atoms with van der Waals surface area (Å²) in [7, 11) is 0. The molecule has 1 aromatic carbocycles. The molecule has 0 unspecified atom stereocenters. The molecule has 132 valence electrons. The minimum Gasteiger partial charge on any atom is -0.464 e. The van der Waals surface area contributed by atoms with Crippen molar-refractivity contribution in [3.8, 4) is 0 Å². The van der Waals surface area contributed by atoms with Gasteiger partial charge in [0.15, 0.2) is 0 Å². The van der Waals surface area contributed by atoms with E-state index in [0.29, 0.717) is 19.4 Å². The molecule has 0 radical (unpaired) electrons. The van der Waals surface area contributed by atoms with Crippen molar-refractivity contribution < 1.29 is 14.3 Å². The van der Waals surface area contributed by atoms with Crippen LogP contribution >= 0.6 is 12.6 Å². The van der Waals surface area contributed by atoms with Crippen LogP contribution in [0.5, 0.6) is 0 Å². The molecule has 0 bridgehead atoms. The fraction of sp³-hybridized carbons (Fsp3) is 0.556. The van der Waals surface area contributed by atoms with E-state index in [2.05, 4.69) is 22.3 Å². The quantitative estimate of drug-likeness (QED) is 0.609. The Morgan fingerprint density at radius 3 is 2.46 bits per heavy atom. The molecular weight excluding hydrogens is 324 g/mol. The molecular formula is C18H26N2O3S. The van der Waals surface area contributed by atoms with Gasteiger partial charge >= 0.3 is 5.97 Å². The van der Waals surface area contributed by atoms with Crippen molar-refractivity contribution in [3.63, 3.8) is 0 Å². The average Bonchev–Trinajstić information content (AvgIpc) is 2.56. The number of hydrogen-bond acceptors (Lipinski definition) is 5. The van der Waals surface area contributed by atoms with Crippen LogP contribution in [0.2, 0.25) is 0 Å². The van der Waals surface area contributed by atoms with Gasteiger partial charge in [0.2, 0.25) is 5.91 Å². The molecule has 1 fully saturated rings. The molecule has 1 heterocycles. The molecule has 0 aromatic heterocycles. The van der Waals surface area contributed by atoms with E-state index in [1.54, 1.807) is 6.92 Å². The number of ether oxygens (including phenoxy) is 1. The van der Waals surface area contributed by atoms with Gasteiger partial charge in [-0.1, -0.05) is 30.3 Å². The number of nitrogens with zero attached hydrogens (tertiary/aromatic N) is 1. The molecule has 1 amide bonds. The van der Waals surface area contributed by atoms with Crippen molar-refractivity contribution in [2.24, 2.45) is 0 Å². The number of nitrogens with one attached hydrogen (secondary N) is 1. The highest BCUT2D eigenvalue weighted by Gasteiger charge is 2.43. The Hall–Kier alpha value is -1.53. The van der Waals surface area contributed by atoms with Gasteiger partial charge in [-0.05, 0) is 38.4 Å². The number of amides is 1. The number of rotatable bonds is 6. The van der Waals surface area contributed by atoms with Crippen LogP contribution in [-0.2, 0) is 20.9 Å². The van der Waals surface area contributed by atoms with E-state index in [-0.39, 0.29) is 5.91 Å².